The van der Waals surface area contributed by atoms with Gasteiger partial charge in [-0.05, 0) is 30.9 Å². The number of nitrogens with two attached hydrogens (primary N) is 2. The van der Waals surface area contributed by atoms with Gasteiger partial charge in [-0.1, -0.05) is 6.07 Å². The highest BCUT2D eigenvalue weighted by atomic mass is 32.1. The molecule has 0 aliphatic heterocycles. The molecule has 2 aromatic heterocycles. The average molecular weight is 302 g/mol. The summed E-state index contributed by atoms with van der Waals surface area (Å²) in [4.78, 5) is 18.4. The van der Waals surface area contributed by atoms with Gasteiger partial charge in [-0.2, -0.15) is 0 Å². The Morgan fingerprint density at radius 2 is 2.24 bits per heavy atom. The fourth-order valence-corrected chi connectivity index (χ4v) is 3.60. The number of hydrogen-bond acceptors (Lipinski definition) is 5. The summed E-state index contributed by atoms with van der Waals surface area (Å²) in [6, 6.07) is 5.85. The van der Waals surface area contributed by atoms with E-state index in [1.165, 1.54) is 11.3 Å². The van der Waals surface area contributed by atoms with E-state index in [1.54, 1.807) is 6.20 Å². The first-order chi connectivity index (χ1) is 10.1. The van der Waals surface area contributed by atoms with Crippen molar-refractivity contribution in [3.8, 4) is 0 Å². The van der Waals surface area contributed by atoms with Crippen molar-refractivity contribution < 1.29 is 4.79 Å². The molecule has 0 unspecified atom stereocenters. The molecule has 1 fully saturated rings. The normalized spacial score (nSPS) is 14.1. The van der Waals surface area contributed by atoms with Gasteiger partial charge in [-0.15, -0.1) is 11.3 Å². The van der Waals surface area contributed by atoms with E-state index in [4.69, 9.17) is 11.5 Å². The lowest BCUT2D eigenvalue weighted by atomic mass is 10.1. The number of rotatable bonds is 5. The molecule has 0 bridgehead atoms. The van der Waals surface area contributed by atoms with Crippen molar-refractivity contribution >= 4 is 27.9 Å². The van der Waals surface area contributed by atoms with Crippen LogP contribution in [0.25, 0.3) is 0 Å². The van der Waals surface area contributed by atoms with Crippen LogP contribution >= 0.6 is 11.3 Å². The molecule has 3 rings (SSSR count). The monoisotopic (exact) mass is 302 g/mol. The summed E-state index contributed by atoms with van der Waals surface area (Å²) >= 11 is 1.39. The first kappa shape index (κ1) is 13.9. The molecule has 0 saturated heterocycles. The number of aromatic nitrogens is 1. The van der Waals surface area contributed by atoms with Crippen molar-refractivity contribution in [3.05, 3.63) is 40.5 Å². The number of pyridine rings is 1. The van der Waals surface area contributed by atoms with Crippen LogP contribution in [0.3, 0.4) is 0 Å². The molecule has 5 nitrogen and oxygen atoms in total. The van der Waals surface area contributed by atoms with Crippen LogP contribution < -0.4 is 16.4 Å². The van der Waals surface area contributed by atoms with E-state index in [9.17, 15) is 4.79 Å². The second-order valence-corrected chi connectivity index (χ2v) is 6.38. The molecule has 0 aromatic carbocycles. The zero-order chi connectivity index (χ0) is 15.0. The molecule has 0 radical (unpaired) electrons. The Kier molecular flexibility index (Phi) is 3.55. The zero-order valence-electron chi connectivity index (χ0n) is 11.9. The lowest BCUT2D eigenvalue weighted by Gasteiger charge is -2.19. The predicted molar refractivity (Wildman–Crippen MR) is 85.6 cm³/mol. The zero-order valence-corrected chi connectivity index (χ0v) is 12.7. The number of anilines is 2. The van der Waals surface area contributed by atoms with Crippen LogP contribution in [0.1, 0.15) is 39.7 Å². The third kappa shape index (κ3) is 2.71. The Hall–Kier alpha value is -2.08. The average Bonchev–Trinajstić information content (AvgIpc) is 3.22. The van der Waals surface area contributed by atoms with E-state index < -0.39 is 5.91 Å². The number of nitrogens with zero attached hydrogens (tertiary/aromatic N) is 2. The molecule has 2 heterocycles. The Morgan fingerprint density at radius 1 is 1.48 bits per heavy atom. The summed E-state index contributed by atoms with van der Waals surface area (Å²) < 4.78 is 0. The van der Waals surface area contributed by atoms with Gasteiger partial charge < -0.3 is 16.4 Å². The van der Waals surface area contributed by atoms with E-state index in [1.807, 2.05) is 25.2 Å². The third-order valence-corrected chi connectivity index (χ3v) is 5.00. The molecule has 6 heteroatoms. The van der Waals surface area contributed by atoms with Crippen LogP contribution in [0.4, 0.5) is 10.7 Å². The number of primary amides is 1. The van der Waals surface area contributed by atoms with Gasteiger partial charge in [-0.25, -0.2) is 0 Å². The largest absolute Gasteiger partial charge is 0.397 e. The highest BCUT2D eigenvalue weighted by Gasteiger charge is 2.33. The highest BCUT2D eigenvalue weighted by molar-refractivity contribution is 7.18. The topological polar surface area (TPSA) is 85.2 Å². The minimum absolute atomic E-state index is 0.447. The van der Waals surface area contributed by atoms with Crippen molar-refractivity contribution in [2.75, 3.05) is 17.7 Å². The fraction of sp³-hybridized carbons (Fsp3) is 0.333. The molecule has 110 valence electrons. The Labute approximate surface area is 127 Å². The minimum atomic E-state index is -0.447. The molecule has 2 aromatic rings. The van der Waals surface area contributed by atoms with E-state index >= 15 is 0 Å². The summed E-state index contributed by atoms with van der Waals surface area (Å²) in [5.41, 5.74) is 14.2. The van der Waals surface area contributed by atoms with Crippen molar-refractivity contribution in [2.24, 2.45) is 5.73 Å². The molecule has 21 heavy (non-hydrogen) atoms. The molecular formula is C15H18N4OS. The summed E-state index contributed by atoms with van der Waals surface area (Å²) in [6.45, 7) is 0.679. The molecule has 0 atom stereocenters. The van der Waals surface area contributed by atoms with Gasteiger partial charge in [0, 0.05) is 18.8 Å². The molecule has 0 spiro atoms. The summed E-state index contributed by atoms with van der Waals surface area (Å²) in [7, 11) is 2.00. The maximum Gasteiger partial charge on any atom is 0.260 e. The van der Waals surface area contributed by atoms with Gasteiger partial charge in [0.25, 0.3) is 5.91 Å². The van der Waals surface area contributed by atoms with Crippen LogP contribution in [-0.2, 0) is 6.54 Å². The maximum absolute atomic E-state index is 11.5. The van der Waals surface area contributed by atoms with Crippen molar-refractivity contribution in [2.45, 2.75) is 25.3 Å². The highest BCUT2D eigenvalue weighted by Crippen LogP contribution is 2.51. The van der Waals surface area contributed by atoms with E-state index in [2.05, 4.69) is 9.88 Å². The van der Waals surface area contributed by atoms with Crippen LogP contribution in [-0.4, -0.2) is 17.9 Å². The first-order valence-electron chi connectivity index (χ1n) is 6.91. The number of hydrogen-bond donors (Lipinski definition) is 2. The third-order valence-electron chi connectivity index (χ3n) is 3.65. The number of nitrogen functional groups attached to an aromatic ring is 1. The summed E-state index contributed by atoms with van der Waals surface area (Å²) in [5, 5.41) is 1.04. The smallest absolute Gasteiger partial charge is 0.260 e. The van der Waals surface area contributed by atoms with Crippen molar-refractivity contribution in [1.82, 2.24) is 4.98 Å². The summed E-state index contributed by atoms with van der Waals surface area (Å²) in [6.07, 6.45) is 4.04. The van der Waals surface area contributed by atoms with Gasteiger partial charge in [0.2, 0.25) is 0 Å². The second kappa shape index (κ2) is 5.37. The lowest BCUT2D eigenvalue weighted by molar-refractivity contribution is 0.100. The molecule has 1 saturated carbocycles. The quantitative estimate of drug-likeness (QED) is 0.887. The summed E-state index contributed by atoms with van der Waals surface area (Å²) in [5.74, 6) is 0.0208. The molecule has 1 aliphatic carbocycles. The van der Waals surface area contributed by atoms with Crippen LogP contribution in [0, 0.1) is 0 Å². The Bertz CT molecular complexity index is 664. The maximum atomic E-state index is 11.5. The van der Waals surface area contributed by atoms with Crippen molar-refractivity contribution in [1.29, 1.82) is 0 Å². The molecule has 4 N–H and O–H groups in total. The second-order valence-electron chi connectivity index (χ2n) is 5.38. The number of carbonyl (C=O) groups excluding carboxylic acids is 1. The van der Waals surface area contributed by atoms with Crippen LogP contribution in [0.15, 0.2) is 24.4 Å². The molecule has 1 amide bonds. The number of thiophene rings is 1. The Morgan fingerprint density at radius 3 is 2.81 bits per heavy atom. The predicted octanol–water partition coefficient (Wildman–Crippen LogP) is 2.34. The SMILES string of the molecule is CN(Cc1ccccn1)c1sc(C(N)=O)c(N)c1C1CC1. The molecule has 1 aliphatic rings. The van der Waals surface area contributed by atoms with Gasteiger partial charge in [0.15, 0.2) is 0 Å². The van der Waals surface area contributed by atoms with E-state index in [0.29, 0.717) is 23.0 Å². The van der Waals surface area contributed by atoms with Gasteiger partial charge in [-0.3, -0.25) is 9.78 Å². The van der Waals surface area contributed by atoms with Gasteiger partial charge in [0.05, 0.1) is 22.9 Å². The van der Waals surface area contributed by atoms with Crippen LogP contribution in [0.5, 0.6) is 0 Å². The van der Waals surface area contributed by atoms with Gasteiger partial charge in [0.1, 0.15) is 4.88 Å². The fourth-order valence-electron chi connectivity index (χ4n) is 2.48. The lowest BCUT2D eigenvalue weighted by Crippen LogP contribution is -2.17. The first-order valence-corrected chi connectivity index (χ1v) is 7.72. The van der Waals surface area contributed by atoms with Gasteiger partial charge >= 0.3 is 0 Å². The van der Waals surface area contributed by atoms with E-state index in [-0.39, 0.29) is 0 Å². The minimum Gasteiger partial charge on any atom is -0.397 e. The standard InChI is InChI=1S/C15H18N4OS/c1-19(8-10-4-2-3-7-18-10)15-11(9-5-6-9)12(16)13(21-15)14(17)20/h2-4,7,9H,5-6,8,16H2,1H3,(H2,17,20). The molecular weight excluding hydrogens is 284 g/mol. The number of carbonyl (C=O) groups is 1. The van der Waals surface area contributed by atoms with Crippen LogP contribution in [0.2, 0.25) is 0 Å². The van der Waals surface area contributed by atoms with Crippen molar-refractivity contribution in [3.63, 3.8) is 0 Å². The number of amides is 1. The van der Waals surface area contributed by atoms with E-state index in [0.717, 1.165) is 29.1 Å². The Balaban J connectivity index is 1.93.